The predicted octanol–water partition coefficient (Wildman–Crippen LogP) is 2.74. The SMILES string of the molecule is COc1ccc(C=Nn2cc(C)nc2N)cc1COCC(F)(F)F. The molecule has 1 heterocycles. The quantitative estimate of drug-likeness (QED) is 0.819. The summed E-state index contributed by atoms with van der Waals surface area (Å²) in [6, 6.07) is 4.99. The molecule has 1 aromatic heterocycles. The normalized spacial score (nSPS) is 12.0. The van der Waals surface area contributed by atoms with Gasteiger partial charge < -0.3 is 15.2 Å². The Kier molecular flexibility index (Phi) is 5.45. The van der Waals surface area contributed by atoms with Crippen LogP contribution in [0.5, 0.6) is 5.75 Å². The van der Waals surface area contributed by atoms with Gasteiger partial charge in [-0.15, -0.1) is 0 Å². The minimum absolute atomic E-state index is 0.226. The van der Waals surface area contributed by atoms with E-state index in [2.05, 4.69) is 14.8 Å². The van der Waals surface area contributed by atoms with Gasteiger partial charge in [-0.2, -0.15) is 18.3 Å². The number of aryl methyl sites for hydroxylation is 1. The first-order valence-corrected chi connectivity index (χ1v) is 6.96. The second kappa shape index (κ2) is 7.35. The van der Waals surface area contributed by atoms with Crippen molar-refractivity contribution in [2.24, 2.45) is 5.10 Å². The number of nitrogens with two attached hydrogens (primary N) is 1. The van der Waals surface area contributed by atoms with Gasteiger partial charge in [0.15, 0.2) is 0 Å². The van der Waals surface area contributed by atoms with Crippen LogP contribution < -0.4 is 10.5 Å². The van der Waals surface area contributed by atoms with E-state index in [9.17, 15) is 13.2 Å². The van der Waals surface area contributed by atoms with Crippen molar-refractivity contribution in [3.8, 4) is 5.75 Å². The zero-order valence-electron chi connectivity index (χ0n) is 13.2. The van der Waals surface area contributed by atoms with Gasteiger partial charge >= 0.3 is 6.18 Å². The van der Waals surface area contributed by atoms with Crippen LogP contribution in [-0.2, 0) is 11.3 Å². The van der Waals surface area contributed by atoms with Crippen LogP contribution in [0.2, 0.25) is 0 Å². The van der Waals surface area contributed by atoms with E-state index in [0.29, 0.717) is 16.9 Å². The average Bonchev–Trinajstić information content (AvgIpc) is 2.82. The Balaban J connectivity index is 2.14. The van der Waals surface area contributed by atoms with E-state index in [1.807, 2.05) is 0 Å². The number of benzene rings is 1. The molecule has 0 saturated carbocycles. The highest BCUT2D eigenvalue weighted by Crippen LogP contribution is 2.22. The highest BCUT2D eigenvalue weighted by Gasteiger charge is 2.27. The van der Waals surface area contributed by atoms with Gasteiger partial charge in [0.2, 0.25) is 5.95 Å². The van der Waals surface area contributed by atoms with Crippen molar-refractivity contribution in [2.45, 2.75) is 19.7 Å². The second-order valence-corrected chi connectivity index (χ2v) is 5.01. The van der Waals surface area contributed by atoms with Crippen LogP contribution in [0.3, 0.4) is 0 Å². The van der Waals surface area contributed by atoms with Crippen molar-refractivity contribution >= 4 is 12.2 Å². The van der Waals surface area contributed by atoms with Crippen LogP contribution in [0.15, 0.2) is 29.5 Å². The van der Waals surface area contributed by atoms with Crippen molar-refractivity contribution in [3.63, 3.8) is 0 Å². The van der Waals surface area contributed by atoms with Gasteiger partial charge in [0, 0.05) is 5.56 Å². The molecule has 0 spiro atoms. The molecule has 6 nitrogen and oxygen atoms in total. The topological polar surface area (TPSA) is 74.7 Å². The molecule has 0 saturated heterocycles. The van der Waals surface area contributed by atoms with Crippen molar-refractivity contribution in [3.05, 3.63) is 41.2 Å². The first-order chi connectivity index (χ1) is 11.3. The molecule has 0 fully saturated rings. The summed E-state index contributed by atoms with van der Waals surface area (Å²) in [5, 5.41) is 4.16. The predicted molar refractivity (Wildman–Crippen MR) is 83.1 cm³/mol. The van der Waals surface area contributed by atoms with Gasteiger partial charge in [-0.25, -0.2) is 9.66 Å². The van der Waals surface area contributed by atoms with E-state index in [4.69, 9.17) is 10.5 Å². The Morgan fingerprint density at radius 3 is 2.71 bits per heavy atom. The molecule has 130 valence electrons. The number of hydrogen-bond acceptors (Lipinski definition) is 5. The van der Waals surface area contributed by atoms with E-state index in [1.54, 1.807) is 31.3 Å². The zero-order valence-corrected chi connectivity index (χ0v) is 13.2. The molecule has 1 aromatic carbocycles. The molecule has 0 aliphatic rings. The minimum atomic E-state index is -4.37. The standard InChI is InChI=1S/C15H17F3N4O2/c1-10-7-22(14(19)21-10)20-6-11-3-4-13(23-2)12(5-11)8-24-9-15(16,17)18/h3-7H,8-9H2,1-2H3,(H2,19,21). The van der Waals surface area contributed by atoms with Crippen LogP contribution in [0, 0.1) is 6.92 Å². The Morgan fingerprint density at radius 2 is 2.12 bits per heavy atom. The number of ether oxygens (including phenoxy) is 2. The molecule has 24 heavy (non-hydrogen) atoms. The van der Waals surface area contributed by atoms with Gasteiger partial charge in [-0.1, -0.05) is 0 Å². The van der Waals surface area contributed by atoms with Gasteiger partial charge in [-0.3, -0.25) is 0 Å². The van der Waals surface area contributed by atoms with Crippen molar-refractivity contribution < 1.29 is 22.6 Å². The highest BCUT2D eigenvalue weighted by atomic mass is 19.4. The fourth-order valence-electron chi connectivity index (χ4n) is 1.99. The van der Waals surface area contributed by atoms with Crippen LogP contribution in [0.1, 0.15) is 16.8 Å². The van der Waals surface area contributed by atoms with Crippen LogP contribution >= 0.6 is 0 Å². The van der Waals surface area contributed by atoms with Crippen LogP contribution in [-0.4, -0.2) is 35.8 Å². The lowest BCUT2D eigenvalue weighted by Crippen LogP contribution is -2.16. The van der Waals surface area contributed by atoms with Crippen LogP contribution in [0.4, 0.5) is 19.1 Å². The maximum Gasteiger partial charge on any atom is 0.411 e. The van der Waals surface area contributed by atoms with E-state index in [1.165, 1.54) is 18.0 Å². The Morgan fingerprint density at radius 1 is 1.38 bits per heavy atom. The third-order valence-electron chi connectivity index (χ3n) is 2.99. The minimum Gasteiger partial charge on any atom is -0.496 e. The largest absolute Gasteiger partial charge is 0.496 e. The molecule has 0 radical (unpaired) electrons. The zero-order chi connectivity index (χ0) is 17.7. The molecule has 0 atom stereocenters. The molecule has 0 unspecified atom stereocenters. The number of rotatable bonds is 6. The van der Waals surface area contributed by atoms with Gasteiger partial charge in [0.1, 0.15) is 12.4 Å². The summed E-state index contributed by atoms with van der Waals surface area (Å²) < 4.78 is 47.7. The number of halogens is 3. The lowest BCUT2D eigenvalue weighted by Gasteiger charge is -2.11. The lowest BCUT2D eigenvalue weighted by atomic mass is 10.1. The number of alkyl halides is 3. The summed E-state index contributed by atoms with van der Waals surface area (Å²) >= 11 is 0. The van der Waals surface area contributed by atoms with E-state index < -0.39 is 12.8 Å². The second-order valence-electron chi connectivity index (χ2n) is 5.01. The molecule has 0 aliphatic heterocycles. The summed E-state index contributed by atoms with van der Waals surface area (Å²) in [7, 11) is 1.44. The molecule has 9 heteroatoms. The van der Waals surface area contributed by atoms with E-state index in [0.717, 1.165) is 5.69 Å². The number of methoxy groups -OCH3 is 1. The van der Waals surface area contributed by atoms with Gasteiger partial charge in [0.25, 0.3) is 0 Å². The van der Waals surface area contributed by atoms with Crippen molar-refractivity contribution in [1.29, 1.82) is 0 Å². The molecule has 0 aliphatic carbocycles. The summed E-state index contributed by atoms with van der Waals surface area (Å²) in [6.45, 7) is 0.238. The van der Waals surface area contributed by atoms with Gasteiger partial charge in [0.05, 0.1) is 31.8 Å². The highest BCUT2D eigenvalue weighted by molar-refractivity contribution is 5.80. The summed E-state index contributed by atoms with van der Waals surface area (Å²) in [6.07, 6.45) is -1.20. The number of nitrogen functional groups attached to an aromatic ring is 1. The number of aromatic nitrogens is 2. The maximum absolute atomic E-state index is 12.2. The first kappa shape index (κ1) is 17.8. The fraction of sp³-hybridized carbons (Fsp3) is 0.333. The first-order valence-electron chi connectivity index (χ1n) is 6.96. The molecule has 0 amide bonds. The Hall–Kier alpha value is -2.55. The smallest absolute Gasteiger partial charge is 0.411 e. The van der Waals surface area contributed by atoms with Crippen molar-refractivity contribution in [1.82, 2.24) is 9.66 Å². The van der Waals surface area contributed by atoms with Gasteiger partial charge in [-0.05, 0) is 30.7 Å². The summed E-state index contributed by atoms with van der Waals surface area (Å²) in [5.41, 5.74) is 7.55. The van der Waals surface area contributed by atoms with E-state index in [-0.39, 0.29) is 12.6 Å². The summed E-state index contributed by atoms with van der Waals surface area (Å²) in [4.78, 5) is 4.01. The molecular weight excluding hydrogens is 325 g/mol. The Bertz CT molecular complexity index is 726. The Labute approximate surface area is 136 Å². The average molecular weight is 342 g/mol. The van der Waals surface area contributed by atoms with E-state index >= 15 is 0 Å². The number of imidazole rings is 1. The monoisotopic (exact) mass is 342 g/mol. The third kappa shape index (κ3) is 4.98. The maximum atomic E-state index is 12.2. The number of nitrogens with zero attached hydrogens (tertiary/aromatic N) is 3. The molecular formula is C15H17F3N4O2. The van der Waals surface area contributed by atoms with Crippen LogP contribution in [0.25, 0.3) is 0 Å². The third-order valence-corrected chi connectivity index (χ3v) is 2.99. The number of hydrogen-bond donors (Lipinski definition) is 1. The van der Waals surface area contributed by atoms with Crippen molar-refractivity contribution in [2.75, 3.05) is 19.5 Å². The number of anilines is 1. The molecule has 0 bridgehead atoms. The summed E-state index contributed by atoms with van der Waals surface area (Å²) in [5.74, 6) is 0.679. The fourth-order valence-corrected chi connectivity index (χ4v) is 1.99. The molecule has 2 N–H and O–H groups in total. The molecule has 2 rings (SSSR count). The molecule has 2 aromatic rings. The lowest BCUT2D eigenvalue weighted by molar-refractivity contribution is -0.176.